The highest BCUT2D eigenvalue weighted by Crippen LogP contribution is 2.30. The van der Waals surface area contributed by atoms with Gasteiger partial charge < -0.3 is 10.5 Å². The normalized spacial score (nSPS) is 23.2. The monoisotopic (exact) mass is 261 g/mol. The van der Waals surface area contributed by atoms with Crippen LogP contribution in [0.2, 0.25) is 0 Å². The summed E-state index contributed by atoms with van der Waals surface area (Å²) in [5, 5.41) is 0. The third-order valence-electron chi connectivity index (χ3n) is 4.15. The highest BCUT2D eigenvalue weighted by molar-refractivity contribution is 5.99. The lowest BCUT2D eigenvalue weighted by Gasteiger charge is -2.25. The first-order valence-corrected chi connectivity index (χ1v) is 6.98. The molecule has 0 bridgehead atoms. The average molecular weight is 261 g/mol. The molecular weight excluding hydrogens is 238 g/mol. The fourth-order valence-corrected chi connectivity index (χ4v) is 2.88. The second-order valence-corrected chi connectivity index (χ2v) is 5.61. The lowest BCUT2D eigenvalue weighted by molar-refractivity contribution is 0.0884. The van der Waals surface area contributed by atoms with E-state index in [0.29, 0.717) is 0 Å². The maximum Gasteiger partial charge on any atom is 0.166 e. The van der Waals surface area contributed by atoms with Crippen LogP contribution in [-0.4, -0.2) is 18.9 Å². The maximum absolute atomic E-state index is 12.6. The molecule has 3 heteroatoms. The molecule has 0 aromatic heterocycles. The molecule has 2 rings (SSSR count). The second kappa shape index (κ2) is 5.74. The van der Waals surface area contributed by atoms with Gasteiger partial charge in [0.1, 0.15) is 5.75 Å². The van der Waals surface area contributed by atoms with Crippen LogP contribution in [0.3, 0.4) is 0 Å². The molecule has 1 aliphatic rings. The Hall–Kier alpha value is -1.35. The van der Waals surface area contributed by atoms with Crippen molar-refractivity contribution in [2.75, 3.05) is 7.11 Å². The smallest absolute Gasteiger partial charge is 0.166 e. The number of aryl methyl sites for hydroxylation is 2. The van der Waals surface area contributed by atoms with Crippen LogP contribution in [0, 0.1) is 19.8 Å². The Kier molecular flexibility index (Phi) is 4.25. The van der Waals surface area contributed by atoms with E-state index in [-0.39, 0.29) is 17.7 Å². The van der Waals surface area contributed by atoms with Gasteiger partial charge in [0.2, 0.25) is 0 Å². The number of benzene rings is 1. The van der Waals surface area contributed by atoms with Crippen molar-refractivity contribution in [1.82, 2.24) is 0 Å². The van der Waals surface area contributed by atoms with Crippen LogP contribution in [0.1, 0.15) is 47.2 Å². The Morgan fingerprint density at radius 1 is 1.16 bits per heavy atom. The standard InChI is InChI=1S/C16H23NO2/c1-10-9-15(19-3)11(2)8-14(10)16(18)12-4-6-13(17)7-5-12/h8-9,12-13H,4-7,17H2,1-3H3. The number of ether oxygens (including phenoxy) is 1. The van der Waals surface area contributed by atoms with Crippen LogP contribution in [0.4, 0.5) is 0 Å². The van der Waals surface area contributed by atoms with Gasteiger partial charge in [-0.15, -0.1) is 0 Å². The van der Waals surface area contributed by atoms with Gasteiger partial charge in [0.05, 0.1) is 7.11 Å². The number of hydrogen-bond acceptors (Lipinski definition) is 3. The lowest BCUT2D eigenvalue weighted by Crippen LogP contribution is -2.30. The topological polar surface area (TPSA) is 52.3 Å². The van der Waals surface area contributed by atoms with Crippen molar-refractivity contribution in [1.29, 1.82) is 0 Å². The largest absolute Gasteiger partial charge is 0.496 e. The molecule has 0 spiro atoms. The zero-order valence-corrected chi connectivity index (χ0v) is 12.0. The molecule has 0 atom stereocenters. The molecule has 0 radical (unpaired) electrons. The Balaban J connectivity index is 2.22. The molecule has 104 valence electrons. The van der Waals surface area contributed by atoms with Gasteiger partial charge in [-0.25, -0.2) is 0 Å². The third-order valence-corrected chi connectivity index (χ3v) is 4.15. The van der Waals surface area contributed by atoms with Gasteiger partial charge in [-0.3, -0.25) is 4.79 Å². The molecule has 1 aromatic rings. The molecule has 1 aliphatic carbocycles. The van der Waals surface area contributed by atoms with Crippen LogP contribution in [0.25, 0.3) is 0 Å². The molecule has 0 amide bonds. The van der Waals surface area contributed by atoms with E-state index in [1.165, 1.54) is 0 Å². The predicted molar refractivity (Wildman–Crippen MR) is 76.7 cm³/mol. The average Bonchev–Trinajstić information content (AvgIpc) is 2.41. The molecule has 0 aliphatic heterocycles. The Morgan fingerprint density at radius 3 is 2.37 bits per heavy atom. The van der Waals surface area contributed by atoms with E-state index >= 15 is 0 Å². The van der Waals surface area contributed by atoms with Crippen molar-refractivity contribution in [3.05, 3.63) is 28.8 Å². The van der Waals surface area contributed by atoms with Crippen molar-refractivity contribution in [3.63, 3.8) is 0 Å². The number of hydrogen-bond donors (Lipinski definition) is 1. The van der Waals surface area contributed by atoms with Gasteiger partial charge in [-0.05, 0) is 62.8 Å². The van der Waals surface area contributed by atoms with E-state index < -0.39 is 0 Å². The van der Waals surface area contributed by atoms with Crippen molar-refractivity contribution in [2.45, 2.75) is 45.6 Å². The first-order chi connectivity index (χ1) is 9.02. The number of Topliss-reactive ketones (excluding diaryl/α,β-unsaturated/α-hetero) is 1. The van der Waals surface area contributed by atoms with Gasteiger partial charge >= 0.3 is 0 Å². The van der Waals surface area contributed by atoms with Crippen LogP contribution in [-0.2, 0) is 0 Å². The fourth-order valence-electron chi connectivity index (χ4n) is 2.88. The van der Waals surface area contributed by atoms with E-state index in [1.54, 1.807) is 7.11 Å². The van der Waals surface area contributed by atoms with Crippen molar-refractivity contribution in [3.8, 4) is 5.75 Å². The summed E-state index contributed by atoms with van der Waals surface area (Å²) in [7, 11) is 1.66. The highest BCUT2D eigenvalue weighted by Gasteiger charge is 2.26. The Bertz CT molecular complexity index is 474. The van der Waals surface area contributed by atoms with Gasteiger partial charge in [-0.2, -0.15) is 0 Å². The minimum atomic E-state index is 0.145. The molecule has 1 fully saturated rings. The number of nitrogens with two attached hydrogens (primary N) is 1. The summed E-state index contributed by atoms with van der Waals surface area (Å²) in [6, 6.07) is 4.20. The number of methoxy groups -OCH3 is 1. The van der Waals surface area contributed by atoms with Crippen molar-refractivity contribution in [2.24, 2.45) is 11.7 Å². The van der Waals surface area contributed by atoms with Gasteiger partial charge in [0.25, 0.3) is 0 Å². The minimum Gasteiger partial charge on any atom is -0.496 e. The number of rotatable bonds is 3. The molecule has 1 aromatic carbocycles. The summed E-state index contributed by atoms with van der Waals surface area (Å²) in [4.78, 5) is 12.6. The molecule has 2 N–H and O–H groups in total. The van der Waals surface area contributed by atoms with Gasteiger partial charge in [-0.1, -0.05) is 0 Å². The Labute approximate surface area is 115 Å². The molecule has 0 saturated heterocycles. The summed E-state index contributed by atoms with van der Waals surface area (Å²) in [5.41, 5.74) is 8.77. The summed E-state index contributed by atoms with van der Waals surface area (Å²) in [6.45, 7) is 3.95. The summed E-state index contributed by atoms with van der Waals surface area (Å²) in [6.07, 6.45) is 3.77. The molecule has 3 nitrogen and oxygen atoms in total. The summed E-state index contributed by atoms with van der Waals surface area (Å²) < 4.78 is 5.29. The first-order valence-electron chi connectivity index (χ1n) is 6.98. The summed E-state index contributed by atoms with van der Waals surface area (Å²) in [5.74, 6) is 1.26. The third kappa shape index (κ3) is 2.98. The lowest BCUT2D eigenvalue weighted by atomic mass is 9.81. The fraction of sp³-hybridized carbons (Fsp3) is 0.562. The van der Waals surface area contributed by atoms with Crippen LogP contribution in [0.5, 0.6) is 5.75 Å². The molecule has 0 unspecified atom stereocenters. The zero-order valence-electron chi connectivity index (χ0n) is 12.0. The number of carbonyl (C=O) groups is 1. The first kappa shape index (κ1) is 14.1. The van der Waals surface area contributed by atoms with Crippen molar-refractivity contribution >= 4 is 5.78 Å². The molecule has 19 heavy (non-hydrogen) atoms. The van der Waals surface area contributed by atoms with Crippen LogP contribution in [0.15, 0.2) is 12.1 Å². The van der Waals surface area contributed by atoms with Crippen LogP contribution >= 0.6 is 0 Å². The summed E-state index contributed by atoms with van der Waals surface area (Å²) >= 11 is 0. The van der Waals surface area contributed by atoms with Gasteiger partial charge in [0, 0.05) is 17.5 Å². The zero-order chi connectivity index (χ0) is 14.0. The van der Waals surface area contributed by atoms with Gasteiger partial charge in [0.15, 0.2) is 5.78 Å². The van der Waals surface area contributed by atoms with Crippen molar-refractivity contribution < 1.29 is 9.53 Å². The molecule has 0 heterocycles. The van der Waals surface area contributed by atoms with E-state index in [2.05, 4.69) is 0 Å². The molecular formula is C16H23NO2. The van der Waals surface area contributed by atoms with Crippen LogP contribution < -0.4 is 10.5 Å². The predicted octanol–water partition coefficient (Wildman–Crippen LogP) is 3.01. The number of carbonyl (C=O) groups excluding carboxylic acids is 1. The minimum absolute atomic E-state index is 0.145. The SMILES string of the molecule is COc1cc(C)c(C(=O)C2CCC(N)CC2)cc1C. The van der Waals surface area contributed by atoms with E-state index in [9.17, 15) is 4.79 Å². The highest BCUT2D eigenvalue weighted by atomic mass is 16.5. The number of ketones is 1. The van der Waals surface area contributed by atoms with E-state index in [4.69, 9.17) is 10.5 Å². The van der Waals surface area contributed by atoms with E-state index in [0.717, 1.165) is 48.1 Å². The quantitative estimate of drug-likeness (QED) is 0.851. The molecule has 1 saturated carbocycles. The second-order valence-electron chi connectivity index (χ2n) is 5.61. The Morgan fingerprint density at radius 2 is 1.79 bits per heavy atom. The van der Waals surface area contributed by atoms with E-state index in [1.807, 2.05) is 26.0 Å². The maximum atomic E-state index is 12.6.